The maximum atomic E-state index is 9.25. The van der Waals surface area contributed by atoms with Crippen molar-refractivity contribution < 1.29 is 9.84 Å². The van der Waals surface area contributed by atoms with Gasteiger partial charge in [-0.3, -0.25) is 0 Å². The van der Waals surface area contributed by atoms with Crippen molar-refractivity contribution in [1.82, 2.24) is 0 Å². The Balaban J connectivity index is 2.56. The van der Waals surface area contributed by atoms with Gasteiger partial charge in [-0.25, -0.2) is 0 Å². The average Bonchev–Trinajstić information content (AvgIpc) is 2.46. The van der Waals surface area contributed by atoms with E-state index in [1.165, 1.54) is 0 Å². The quantitative estimate of drug-likeness (QED) is 0.531. The standard InChI is InChI=1S/C10H10O2/c1-2-3-4-5-6-10-9(11)7-8-12-10/h6,9,11H,7-8H2,1H3. The summed E-state index contributed by atoms with van der Waals surface area (Å²) in [6.07, 6.45) is 1.75. The van der Waals surface area contributed by atoms with Gasteiger partial charge in [0.05, 0.1) is 6.61 Å². The molecular weight excluding hydrogens is 152 g/mol. The molecule has 0 amide bonds. The summed E-state index contributed by atoms with van der Waals surface area (Å²) < 4.78 is 5.11. The second-order valence-corrected chi connectivity index (χ2v) is 2.34. The molecule has 1 rings (SSSR count). The lowest BCUT2D eigenvalue weighted by atomic mass is 10.2. The Morgan fingerprint density at radius 1 is 1.58 bits per heavy atom. The van der Waals surface area contributed by atoms with Gasteiger partial charge in [-0.15, -0.1) is 0 Å². The number of aliphatic hydroxyl groups is 1. The number of rotatable bonds is 0. The molecule has 12 heavy (non-hydrogen) atoms. The molecule has 1 heterocycles. The Morgan fingerprint density at radius 2 is 2.42 bits per heavy atom. The minimum absolute atomic E-state index is 0.478. The molecule has 2 nitrogen and oxygen atoms in total. The molecule has 1 unspecified atom stereocenters. The van der Waals surface area contributed by atoms with Crippen molar-refractivity contribution in [2.75, 3.05) is 6.61 Å². The minimum Gasteiger partial charge on any atom is -0.494 e. The summed E-state index contributed by atoms with van der Waals surface area (Å²) in [6, 6.07) is 0. The molecule has 1 atom stereocenters. The van der Waals surface area contributed by atoms with Gasteiger partial charge in [-0.05, 0) is 18.8 Å². The van der Waals surface area contributed by atoms with Crippen molar-refractivity contribution in [1.29, 1.82) is 0 Å². The van der Waals surface area contributed by atoms with Gasteiger partial charge in [0, 0.05) is 12.5 Å². The summed E-state index contributed by atoms with van der Waals surface area (Å²) in [5.74, 6) is 11.1. The molecule has 62 valence electrons. The third kappa shape index (κ3) is 2.34. The monoisotopic (exact) mass is 162 g/mol. The van der Waals surface area contributed by atoms with Gasteiger partial charge < -0.3 is 9.84 Å². The first-order valence-electron chi connectivity index (χ1n) is 3.78. The van der Waals surface area contributed by atoms with Crippen LogP contribution in [0.5, 0.6) is 0 Å². The zero-order valence-electron chi connectivity index (χ0n) is 6.92. The zero-order chi connectivity index (χ0) is 8.81. The minimum atomic E-state index is -0.478. The van der Waals surface area contributed by atoms with E-state index in [1.54, 1.807) is 13.0 Å². The highest BCUT2D eigenvalue weighted by molar-refractivity contribution is 5.31. The smallest absolute Gasteiger partial charge is 0.133 e. The molecular formula is C10H10O2. The fourth-order valence-corrected chi connectivity index (χ4v) is 0.871. The maximum absolute atomic E-state index is 9.25. The van der Waals surface area contributed by atoms with E-state index in [0.29, 0.717) is 18.8 Å². The molecule has 1 N–H and O–H groups in total. The number of aliphatic hydroxyl groups excluding tert-OH is 1. The van der Waals surface area contributed by atoms with Crippen molar-refractivity contribution in [2.24, 2.45) is 0 Å². The van der Waals surface area contributed by atoms with Gasteiger partial charge in [0.2, 0.25) is 0 Å². The van der Waals surface area contributed by atoms with E-state index in [1.807, 2.05) is 0 Å². The second-order valence-electron chi connectivity index (χ2n) is 2.34. The van der Waals surface area contributed by atoms with Gasteiger partial charge in [0.1, 0.15) is 11.9 Å². The highest BCUT2D eigenvalue weighted by atomic mass is 16.5. The van der Waals surface area contributed by atoms with Crippen molar-refractivity contribution in [3.63, 3.8) is 0 Å². The first kappa shape index (κ1) is 8.71. The maximum Gasteiger partial charge on any atom is 0.133 e. The number of allylic oxidation sites excluding steroid dienone is 1. The number of hydrogen-bond acceptors (Lipinski definition) is 2. The molecule has 0 aromatic carbocycles. The summed E-state index contributed by atoms with van der Waals surface area (Å²) in [5.41, 5.74) is 0. The van der Waals surface area contributed by atoms with Crippen LogP contribution in [0.15, 0.2) is 11.8 Å². The molecule has 0 spiro atoms. The third-order valence-corrected chi connectivity index (χ3v) is 1.46. The Hall–Kier alpha value is -1.38. The summed E-state index contributed by atoms with van der Waals surface area (Å²) in [4.78, 5) is 0. The van der Waals surface area contributed by atoms with Crippen LogP contribution in [0.4, 0.5) is 0 Å². The van der Waals surface area contributed by atoms with E-state index in [0.717, 1.165) is 0 Å². The lowest BCUT2D eigenvalue weighted by Gasteiger charge is -1.97. The van der Waals surface area contributed by atoms with E-state index < -0.39 is 6.10 Å². The molecule has 0 bridgehead atoms. The first-order valence-corrected chi connectivity index (χ1v) is 3.78. The van der Waals surface area contributed by atoms with E-state index in [4.69, 9.17) is 4.74 Å². The predicted molar refractivity (Wildman–Crippen MR) is 45.9 cm³/mol. The zero-order valence-corrected chi connectivity index (χ0v) is 6.92. The Morgan fingerprint density at radius 3 is 3.00 bits per heavy atom. The Bertz CT molecular complexity index is 293. The van der Waals surface area contributed by atoms with Crippen LogP contribution in [-0.2, 0) is 4.74 Å². The van der Waals surface area contributed by atoms with Gasteiger partial charge in [-0.1, -0.05) is 11.8 Å². The highest BCUT2D eigenvalue weighted by Gasteiger charge is 2.18. The van der Waals surface area contributed by atoms with E-state index >= 15 is 0 Å². The summed E-state index contributed by atoms with van der Waals surface area (Å²) in [6.45, 7) is 2.30. The molecule has 0 aromatic heterocycles. The van der Waals surface area contributed by atoms with Gasteiger partial charge >= 0.3 is 0 Å². The summed E-state index contributed by atoms with van der Waals surface area (Å²) in [5, 5.41) is 9.25. The van der Waals surface area contributed by atoms with Gasteiger partial charge in [0.25, 0.3) is 0 Å². The van der Waals surface area contributed by atoms with Crippen LogP contribution in [0, 0.1) is 23.7 Å². The van der Waals surface area contributed by atoms with Gasteiger partial charge in [0.15, 0.2) is 0 Å². The molecule has 0 aromatic rings. The molecule has 0 aliphatic carbocycles. The second kappa shape index (κ2) is 4.49. The van der Waals surface area contributed by atoms with E-state index in [-0.39, 0.29) is 0 Å². The predicted octanol–water partition coefficient (Wildman–Crippen LogP) is 0.678. The summed E-state index contributed by atoms with van der Waals surface area (Å²) >= 11 is 0. The van der Waals surface area contributed by atoms with Crippen LogP contribution < -0.4 is 0 Å². The number of ether oxygens (including phenoxy) is 1. The SMILES string of the molecule is CC#CC#CC=C1OCCC1O. The third-order valence-electron chi connectivity index (χ3n) is 1.46. The molecule has 1 aliphatic heterocycles. The molecule has 2 heteroatoms. The Kier molecular flexibility index (Phi) is 3.26. The van der Waals surface area contributed by atoms with Crippen molar-refractivity contribution in [3.05, 3.63) is 11.8 Å². The molecule has 1 saturated heterocycles. The molecule has 1 aliphatic rings. The molecule has 1 fully saturated rings. The van der Waals surface area contributed by atoms with E-state index in [2.05, 4.69) is 23.7 Å². The van der Waals surface area contributed by atoms with Crippen molar-refractivity contribution >= 4 is 0 Å². The first-order chi connectivity index (χ1) is 5.84. The topological polar surface area (TPSA) is 29.5 Å². The van der Waals surface area contributed by atoms with Crippen LogP contribution in [0.3, 0.4) is 0 Å². The van der Waals surface area contributed by atoms with Crippen LogP contribution in [-0.4, -0.2) is 17.8 Å². The molecule has 0 saturated carbocycles. The average molecular weight is 162 g/mol. The van der Waals surface area contributed by atoms with Gasteiger partial charge in [-0.2, -0.15) is 0 Å². The van der Waals surface area contributed by atoms with E-state index in [9.17, 15) is 5.11 Å². The molecule has 0 radical (unpaired) electrons. The summed E-state index contributed by atoms with van der Waals surface area (Å²) in [7, 11) is 0. The largest absolute Gasteiger partial charge is 0.494 e. The van der Waals surface area contributed by atoms with Crippen molar-refractivity contribution in [2.45, 2.75) is 19.4 Å². The lowest BCUT2D eigenvalue weighted by Crippen LogP contribution is -2.01. The fourth-order valence-electron chi connectivity index (χ4n) is 0.871. The van der Waals surface area contributed by atoms with Crippen LogP contribution in [0.2, 0.25) is 0 Å². The lowest BCUT2D eigenvalue weighted by molar-refractivity contribution is 0.192. The Labute approximate surface area is 72.2 Å². The van der Waals surface area contributed by atoms with Crippen molar-refractivity contribution in [3.8, 4) is 23.7 Å². The van der Waals surface area contributed by atoms with Crippen LogP contribution >= 0.6 is 0 Å². The highest BCUT2D eigenvalue weighted by Crippen LogP contribution is 2.15. The fraction of sp³-hybridized carbons (Fsp3) is 0.400. The number of hydrogen-bond donors (Lipinski definition) is 1. The normalized spacial score (nSPS) is 23.5. The van der Waals surface area contributed by atoms with Crippen LogP contribution in [0.1, 0.15) is 13.3 Å². The van der Waals surface area contributed by atoms with Crippen LogP contribution in [0.25, 0.3) is 0 Å².